The third-order valence-corrected chi connectivity index (χ3v) is 3.84. The van der Waals surface area contributed by atoms with Crippen LogP contribution >= 0.6 is 0 Å². The number of esters is 1. The summed E-state index contributed by atoms with van der Waals surface area (Å²) in [4.78, 5) is 16.2. The fourth-order valence-electron chi connectivity index (χ4n) is 2.51. The zero-order valence-corrected chi connectivity index (χ0v) is 13.6. The molecule has 0 aromatic heterocycles. The molecular weight excluding hydrogens is 320 g/mol. The van der Waals surface area contributed by atoms with Crippen molar-refractivity contribution in [3.05, 3.63) is 65.5 Å². The molecular formula is C19H16N2O4. The highest BCUT2D eigenvalue weighted by Gasteiger charge is 2.24. The predicted molar refractivity (Wildman–Crippen MR) is 92.9 cm³/mol. The van der Waals surface area contributed by atoms with Gasteiger partial charge in [0.25, 0.3) is 0 Å². The third kappa shape index (κ3) is 3.19. The molecule has 4 rings (SSSR count). The van der Waals surface area contributed by atoms with Gasteiger partial charge < -0.3 is 19.5 Å². The molecule has 126 valence electrons. The fourth-order valence-corrected chi connectivity index (χ4v) is 2.51. The molecule has 1 N–H and O–H groups in total. The summed E-state index contributed by atoms with van der Waals surface area (Å²) in [5.41, 5.74) is 2.88. The standard InChI is InChI=1S/C19H16N2O4/c1-12-2-4-13(5-3-12)18-21-15(19(22)25-18)11-20-14-6-7-16-17(10-14)24-9-8-23-16/h2-7,10-11,20H,8-9H2,1H3/b15-11+. The molecule has 0 amide bonds. The van der Waals surface area contributed by atoms with Crippen LogP contribution in [0.3, 0.4) is 0 Å². The summed E-state index contributed by atoms with van der Waals surface area (Å²) in [7, 11) is 0. The average Bonchev–Trinajstić information content (AvgIpc) is 3.01. The van der Waals surface area contributed by atoms with Crippen LogP contribution in [0.15, 0.2) is 59.4 Å². The van der Waals surface area contributed by atoms with Gasteiger partial charge in [-0.1, -0.05) is 17.7 Å². The second-order valence-electron chi connectivity index (χ2n) is 5.70. The lowest BCUT2D eigenvalue weighted by molar-refractivity contribution is -0.130. The summed E-state index contributed by atoms with van der Waals surface area (Å²) in [6.07, 6.45) is 1.52. The SMILES string of the molecule is Cc1ccc(C2=N/C(=C/Nc3ccc4c(c3)OCCO4)C(=O)O2)cc1. The third-order valence-electron chi connectivity index (χ3n) is 3.84. The van der Waals surface area contributed by atoms with E-state index in [0.29, 0.717) is 30.6 Å². The van der Waals surface area contributed by atoms with Crippen LogP contribution < -0.4 is 14.8 Å². The van der Waals surface area contributed by atoms with Gasteiger partial charge in [0.15, 0.2) is 17.2 Å². The van der Waals surface area contributed by atoms with Crippen LogP contribution in [0.4, 0.5) is 5.69 Å². The highest BCUT2D eigenvalue weighted by Crippen LogP contribution is 2.32. The van der Waals surface area contributed by atoms with E-state index in [0.717, 1.165) is 16.8 Å². The van der Waals surface area contributed by atoms with Gasteiger partial charge in [-0.2, -0.15) is 0 Å². The molecule has 2 heterocycles. The number of nitrogens with zero attached hydrogens (tertiary/aromatic N) is 1. The first-order chi connectivity index (χ1) is 12.2. The Morgan fingerprint density at radius 3 is 2.60 bits per heavy atom. The lowest BCUT2D eigenvalue weighted by Gasteiger charge is -2.18. The summed E-state index contributed by atoms with van der Waals surface area (Å²) in [5.74, 6) is 1.21. The number of hydrogen-bond donors (Lipinski definition) is 1. The summed E-state index contributed by atoms with van der Waals surface area (Å²) in [5, 5.41) is 3.04. The Hall–Kier alpha value is -3.28. The van der Waals surface area contributed by atoms with Crippen molar-refractivity contribution in [2.45, 2.75) is 6.92 Å². The number of fused-ring (bicyclic) bond motifs is 1. The van der Waals surface area contributed by atoms with Crippen molar-refractivity contribution >= 4 is 17.6 Å². The minimum atomic E-state index is -0.486. The first-order valence-electron chi connectivity index (χ1n) is 7.93. The molecule has 0 unspecified atom stereocenters. The van der Waals surface area contributed by atoms with Crippen LogP contribution in [0.2, 0.25) is 0 Å². The number of rotatable bonds is 3. The van der Waals surface area contributed by atoms with E-state index in [4.69, 9.17) is 14.2 Å². The number of benzene rings is 2. The van der Waals surface area contributed by atoms with Crippen molar-refractivity contribution in [2.75, 3.05) is 18.5 Å². The maximum absolute atomic E-state index is 12.0. The number of carbonyl (C=O) groups is 1. The van der Waals surface area contributed by atoms with Crippen molar-refractivity contribution in [3.8, 4) is 11.5 Å². The van der Waals surface area contributed by atoms with Gasteiger partial charge in [-0.25, -0.2) is 9.79 Å². The Kier molecular flexibility index (Phi) is 3.85. The number of cyclic esters (lactones) is 1. The van der Waals surface area contributed by atoms with Crippen LogP contribution in [-0.2, 0) is 9.53 Å². The van der Waals surface area contributed by atoms with Gasteiger partial charge in [-0.05, 0) is 31.2 Å². The van der Waals surface area contributed by atoms with Crippen LogP contribution in [0.1, 0.15) is 11.1 Å². The van der Waals surface area contributed by atoms with E-state index in [1.807, 2.05) is 49.4 Å². The van der Waals surface area contributed by atoms with Crippen molar-refractivity contribution in [2.24, 2.45) is 4.99 Å². The van der Waals surface area contributed by atoms with Crippen molar-refractivity contribution in [3.63, 3.8) is 0 Å². The van der Waals surface area contributed by atoms with Gasteiger partial charge in [0.1, 0.15) is 13.2 Å². The zero-order valence-electron chi connectivity index (χ0n) is 13.6. The van der Waals surface area contributed by atoms with Crippen molar-refractivity contribution in [1.82, 2.24) is 0 Å². The Balaban J connectivity index is 1.53. The monoisotopic (exact) mass is 336 g/mol. The molecule has 2 aliphatic heterocycles. The second kappa shape index (κ2) is 6.32. The molecule has 0 aliphatic carbocycles. The number of hydrogen-bond acceptors (Lipinski definition) is 6. The smallest absolute Gasteiger partial charge is 0.365 e. The van der Waals surface area contributed by atoms with Crippen LogP contribution in [-0.4, -0.2) is 25.1 Å². The van der Waals surface area contributed by atoms with E-state index in [-0.39, 0.29) is 5.70 Å². The molecule has 2 aromatic carbocycles. The summed E-state index contributed by atoms with van der Waals surface area (Å²) in [6.45, 7) is 3.06. The van der Waals surface area contributed by atoms with Crippen LogP contribution in [0, 0.1) is 6.92 Å². The lowest BCUT2D eigenvalue weighted by Crippen LogP contribution is -2.15. The second-order valence-corrected chi connectivity index (χ2v) is 5.70. The number of ether oxygens (including phenoxy) is 3. The maximum Gasteiger partial charge on any atom is 0.365 e. The van der Waals surface area contributed by atoms with Crippen molar-refractivity contribution in [1.29, 1.82) is 0 Å². The van der Waals surface area contributed by atoms with Gasteiger partial charge in [0, 0.05) is 23.5 Å². The Labute approximate surface area is 144 Å². The van der Waals surface area contributed by atoms with Crippen LogP contribution in [0.5, 0.6) is 11.5 Å². The molecule has 0 radical (unpaired) electrons. The van der Waals surface area contributed by atoms with Gasteiger partial charge in [-0.3, -0.25) is 0 Å². The van der Waals surface area contributed by atoms with Gasteiger partial charge in [0.2, 0.25) is 5.90 Å². The molecule has 6 heteroatoms. The van der Waals surface area contributed by atoms with Crippen LogP contribution in [0.25, 0.3) is 0 Å². The van der Waals surface area contributed by atoms with E-state index in [1.165, 1.54) is 6.20 Å². The normalized spacial score (nSPS) is 17.2. The van der Waals surface area contributed by atoms with E-state index < -0.39 is 5.97 Å². The van der Waals surface area contributed by atoms with E-state index >= 15 is 0 Å². The summed E-state index contributed by atoms with van der Waals surface area (Å²) >= 11 is 0. The minimum Gasteiger partial charge on any atom is -0.486 e. The molecule has 0 bridgehead atoms. The molecule has 2 aliphatic rings. The highest BCUT2D eigenvalue weighted by molar-refractivity contribution is 6.11. The van der Waals surface area contributed by atoms with E-state index in [1.54, 1.807) is 0 Å². The number of nitrogens with one attached hydrogen (secondary N) is 1. The van der Waals surface area contributed by atoms with Gasteiger partial charge in [-0.15, -0.1) is 0 Å². The summed E-state index contributed by atoms with van der Waals surface area (Å²) < 4.78 is 16.3. The van der Waals surface area contributed by atoms with Gasteiger partial charge in [0.05, 0.1) is 0 Å². The average molecular weight is 336 g/mol. The molecule has 6 nitrogen and oxygen atoms in total. The maximum atomic E-state index is 12.0. The lowest BCUT2D eigenvalue weighted by atomic mass is 10.1. The van der Waals surface area contributed by atoms with Crippen molar-refractivity contribution < 1.29 is 19.0 Å². The molecule has 0 saturated carbocycles. The number of carbonyl (C=O) groups excluding carboxylic acids is 1. The first-order valence-corrected chi connectivity index (χ1v) is 7.93. The molecule has 0 spiro atoms. The molecule has 2 aromatic rings. The number of anilines is 1. The van der Waals surface area contributed by atoms with E-state index in [2.05, 4.69) is 10.3 Å². The quantitative estimate of drug-likeness (QED) is 0.689. The molecule has 25 heavy (non-hydrogen) atoms. The molecule has 0 saturated heterocycles. The summed E-state index contributed by atoms with van der Waals surface area (Å²) in [6, 6.07) is 13.1. The minimum absolute atomic E-state index is 0.213. The molecule has 0 fully saturated rings. The topological polar surface area (TPSA) is 69.2 Å². The van der Waals surface area contributed by atoms with E-state index in [9.17, 15) is 4.79 Å². The fraction of sp³-hybridized carbons (Fsp3) is 0.158. The molecule has 0 atom stereocenters. The predicted octanol–water partition coefficient (Wildman–Crippen LogP) is 3.02. The Morgan fingerprint density at radius 2 is 1.80 bits per heavy atom. The number of aryl methyl sites for hydroxylation is 1. The Morgan fingerprint density at radius 1 is 1.04 bits per heavy atom. The largest absolute Gasteiger partial charge is 0.486 e. The zero-order chi connectivity index (χ0) is 17.2. The van der Waals surface area contributed by atoms with Gasteiger partial charge >= 0.3 is 5.97 Å². The first kappa shape index (κ1) is 15.3. The Bertz CT molecular complexity index is 885. The number of aliphatic imine (C=N–C) groups is 1. The highest BCUT2D eigenvalue weighted by atomic mass is 16.6.